The molecule has 20 nitrogen and oxygen atoms in total. The van der Waals surface area contributed by atoms with Crippen LogP contribution in [0.2, 0.25) is 0 Å². The van der Waals surface area contributed by atoms with Crippen molar-refractivity contribution in [2.24, 2.45) is 0 Å². The molecule has 8 amide bonds. The molecule has 3 aromatic heterocycles. The molecular formula is C40H14N12O8. The zero-order chi connectivity index (χ0) is 40.6. The quantitative estimate of drug-likeness (QED) is 0.120. The number of hydrogen-bond acceptors (Lipinski definition) is 14. The van der Waals surface area contributed by atoms with E-state index in [9.17, 15) is 38.4 Å². The van der Waals surface area contributed by atoms with Gasteiger partial charge in [0.05, 0.1) is 44.5 Å². The monoisotopic (exact) mass is 790 g/mol. The van der Waals surface area contributed by atoms with Crippen LogP contribution in [0.4, 0.5) is 0 Å². The zero-order valence-corrected chi connectivity index (χ0v) is 29.6. The van der Waals surface area contributed by atoms with Crippen LogP contribution in [0.1, 0.15) is 82.9 Å². The van der Waals surface area contributed by atoms with Crippen molar-refractivity contribution >= 4 is 91.4 Å². The molecule has 60 heavy (non-hydrogen) atoms. The van der Waals surface area contributed by atoms with E-state index in [0.717, 1.165) is 0 Å². The van der Waals surface area contributed by atoms with Gasteiger partial charge in [-0.2, -0.15) is 0 Å². The van der Waals surface area contributed by atoms with Crippen LogP contribution < -0.4 is 21.3 Å². The van der Waals surface area contributed by atoms with Crippen molar-refractivity contribution in [1.29, 1.82) is 0 Å². The van der Waals surface area contributed by atoms with Crippen LogP contribution >= 0.6 is 0 Å². The molecular weight excluding hydrogens is 777 g/mol. The van der Waals surface area contributed by atoms with E-state index in [2.05, 4.69) is 31.2 Å². The summed E-state index contributed by atoms with van der Waals surface area (Å²) in [7, 11) is 0. The van der Waals surface area contributed by atoms with Crippen molar-refractivity contribution in [3.63, 3.8) is 0 Å². The molecule has 0 saturated carbocycles. The van der Waals surface area contributed by atoms with Gasteiger partial charge in [0, 0.05) is 43.8 Å². The average Bonchev–Trinajstić information content (AvgIpc) is 4.10. The molecule has 0 aliphatic carbocycles. The minimum absolute atomic E-state index is 0.0403. The van der Waals surface area contributed by atoms with Crippen molar-refractivity contribution in [2.45, 2.75) is 0 Å². The Morgan fingerprint density at radius 1 is 0.250 bits per heavy atom. The van der Waals surface area contributed by atoms with Gasteiger partial charge < -0.3 is 9.97 Å². The minimum atomic E-state index is -0.622. The number of aromatic nitrogens is 8. The van der Waals surface area contributed by atoms with E-state index < -0.39 is 47.3 Å². The number of amides is 8. The highest BCUT2D eigenvalue weighted by molar-refractivity contribution is 6.27. The molecule has 0 saturated heterocycles. The van der Waals surface area contributed by atoms with Crippen LogP contribution in [-0.4, -0.2) is 87.1 Å². The zero-order valence-electron chi connectivity index (χ0n) is 29.6. The summed E-state index contributed by atoms with van der Waals surface area (Å²) in [6.45, 7) is 0. The van der Waals surface area contributed by atoms with Crippen LogP contribution in [0.3, 0.4) is 0 Å². The number of rotatable bonds is 0. The molecule has 0 unspecified atom stereocenters. The van der Waals surface area contributed by atoms with E-state index in [-0.39, 0.29) is 90.4 Å². The number of nitrogens with zero attached hydrogens (tertiary/aromatic N) is 6. The van der Waals surface area contributed by atoms with E-state index in [0.29, 0.717) is 43.8 Å². The molecule has 4 aromatic carbocycles. The van der Waals surface area contributed by atoms with Gasteiger partial charge in [0.2, 0.25) is 0 Å². The van der Waals surface area contributed by atoms with Crippen molar-refractivity contribution < 1.29 is 38.4 Å². The second-order valence-corrected chi connectivity index (χ2v) is 14.5. The van der Waals surface area contributed by atoms with Gasteiger partial charge in [-0.15, -0.1) is 0 Å². The Balaban J connectivity index is 1.22. The van der Waals surface area contributed by atoms with Gasteiger partial charge in [-0.25, -0.2) is 29.9 Å². The summed E-state index contributed by atoms with van der Waals surface area (Å²) in [5.74, 6) is -4.80. The maximum absolute atomic E-state index is 12.9. The summed E-state index contributed by atoms with van der Waals surface area (Å²) in [5.41, 5.74) is 2.46. The lowest BCUT2D eigenvalue weighted by molar-refractivity contribution is 0.0863. The second kappa shape index (κ2) is 10.4. The van der Waals surface area contributed by atoms with Gasteiger partial charge in [-0.3, -0.25) is 59.6 Å². The first-order valence-corrected chi connectivity index (χ1v) is 17.9. The predicted octanol–water partition coefficient (Wildman–Crippen LogP) is 2.40. The van der Waals surface area contributed by atoms with Gasteiger partial charge in [-0.1, -0.05) is 0 Å². The van der Waals surface area contributed by atoms with E-state index in [1.165, 1.54) is 48.5 Å². The van der Waals surface area contributed by atoms with E-state index >= 15 is 0 Å². The number of hydrogen-bond donors (Lipinski definition) is 6. The Morgan fingerprint density at radius 2 is 0.450 bits per heavy atom. The molecule has 20 heteroatoms. The van der Waals surface area contributed by atoms with Crippen molar-refractivity contribution in [2.75, 3.05) is 0 Å². The molecule has 6 N–H and O–H groups in total. The minimum Gasteiger partial charge on any atom is -0.324 e. The molecule has 9 heterocycles. The van der Waals surface area contributed by atoms with E-state index in [1.54, 1.807) is 0 Å². The number of nitrogens with one attached hydrogen (secondary N) is 6. The third-order valence-electron chi connectivity index (χ3n) is 11.2. The number of carbonyl (C=O) groups is 8. The highest BCUT2D eigenvalue weighted by Crippen LogP contribution is 2.41. The lowest BCUT2D eigenvalue weighted by Crippen LogP contribution is -2.19. The summed E-state index contributed by atoms with van der Waals surface area (Å²) >= 11 is 0. The molecule has 0 atom stereocenters. The number of fused-ring (bicyclic) bond motifs is 24. The topological polar surface area (TPSA) is 294 Å². The smallest absolute Gasteiger partial charge is 0.258 e. The van der Waals surface area contributed by atoms with E-state index in [4.69, 9.17) is 29.9 Å². The Bertz CT molecular complexity index is 3260. The molecule has 0 spiro atoms. The summed E-state index contributed by atoms with van der Waals surface area (Å²) in [5, 5.41) is 10.5. The number of imide groups is 4. The molecule has 8 bridgehead atoms. The Hall–Kier alpha value is -9.20. The first-order chi connectivity index (χ1) is 28.9. The fourth-order valence-corrected chi connectivity index (χ4v) is 8.43. The van der Waals surface area contributed by atoms with Crippen LogP contribution in [0.25, 0.3) is 89.7 Å². The third kappa shape index (κ3) is 4.01. The molecule has 282 valence electrons. The molecule has 6 aliphatic heterocycles. The number of benzene rings is 4. The largest absolute Gasteiger partial charge is 0.324 e. The van der Waals surface area contributed by atoms with Gasteiger partial charge in [0.1, 0.15) is 22.6 Å². The fourth-order valence-electron chi connectivity index (χ4n) is 8.43. The van der Waals surface area contributed by atoms with Gasteiger partial charge in [0.15, 0.2) is 23.3 Å². The highest BCUT2D eigenvalue weighted by Gasteiger charge is 2.35. The molecule has 6 aliphatic rings. The Morgan fingerprint density at radius 3 is 0.667 bits per heavy atom. The average molecular weight is 791 g/mol. The maximum atomic E-state index is 12.9. The van der Waals surface area contributed by atoms with Gasteiger partial charge in [-0.05, 0) is 48.5 Å². The molecule has 7 aromatic rings. The SMILES string of the molecule is O=C1NC(=O)c2cc3c(cc21)-c1nc-3nc2[nH]c(nc3nc(nc4[nH]c(n1)c1cc5c(cc41)C(=O)NC5=O)-c1cc4c(cc1-3)C(=O)NC4=O)c1cc3c(cc21)C(=O)NC3=O. The van der Waals surface area contributed by atoms with Gasteiger partial charge in [0.25, 0.3) is 47.3 Å². The Kier molecular flexibility index (Phi) is 5.54. The summed E-state index contributed by atoms with van der Waals surface area (Å²) in [6, 6.07) is 11.8. The molecule has 13 rings (SSSR count). The molecule has 0 fully saturated rings. The van der Waals surface area contributed by atoms with Crippen molar-refractivity contribution in [1.82, 2.24) is 61.1 Å². The Labute approximate surface area is 328 Å². The number of H-pyrrole nitrogens is 2. The maximum Gasteiger partial charge on any atom is 0.258 e. The lowest BCUT2D eigenvalue weighted by Gasteiger charge is -2.01. The van der Waals surface area contributed by atoms with Gasteiger partial charge >= 0.3 is 0 Å². The number of carbonyl (C=O) groups excluding carboxylic acids is 8. The molecule has 0 radical (unpaired) electrons. The fraction of sp³-hybridized carbons (Fsp3) is 0. The standard InChI is InChI=1S/C40H14N12O8/c53-33-17-1-9-10(2-18(17)34(54)49-33)26-41-25(9)45-27-11-3-19-20(36(56)50-35(19)55)4-12(11)29(42-27)47-31-15-7-23-24(40(60)52-39(23)59)8-16(15)32(44-31)48-30-14-6-22-21(37(57)51-38(22)58)5-13(14)28(43-30)46-26/h1-8H,(H,49,53,54)(H,50,55,56)(H,51,57,58)(H,52,59,60)(H2,41,42,43,44,45,46,47,48). The lowest BCUT2D eigenvalue weighted by atomic mass is 10.00. The third-order valence-corrected chi connectivity index (χ3v) is 11.2. The first-order valence-electron chi connectivity index (χ1n) is 17.9. The second-order valence-electron chi connectivity index (χ2n) is 14.5. The van der Waals surface area contributed by atoms with Crippen molar-refractivity contribution in [3.8, 4) is 45.6 Å². The van der Waals surface area contributed by atoms with Crippen LogP contribution in [-0.2, 0) is 0 Å². The summed E-state index contributed by atoms with van der Waals surface area (Å²) in [4.78, 5) is 138. The summed E-state index contributed by atoms with van der Waals surface area (Å²) in [6.07, 6.45) is 0. The number of aromatic amines is 2. The normalized spacial score (nSPS) is 15.5. The van der Waals surface area contributed by atoms with E-state index in [1.807, 2.05) is 0 Å². The van der Waals surface area contributed by atoms with Crippen molar-refractivity contribution in [3.05, 3.63) is 93.0 Å². The van der Waals surface area contributed by atoms with Crippen LogP contribution in [0.15, 0.2) is 48.5 Å². The first kappa shape index (κ1) is 31.9. The van der Waals surface area contributed by atoms with Crippen LogP contribution in [0, 0.1) is 0 Å². The van der Waals surface area contributed by atoms with Crippen LogP contribution in [0.5, 0.6) is 0 Å². The predicted molar refractivity (Wildman–Crippen MR) is 203 cm³/mol. The summed E-state index contributed by atoms with van der Waals surface area (Å²) < 4.78 is 0. The highest BCUT2D eigenvalue weighted by atomic mass is 16.2.